The number of hydrogen-bond donors (Lipinski definition) is 1. The lowest BCUT2D eigenvalue weighted by Gasteiger charge is -2.12. The minimum Gasteiger partial charge on any atom is -0.491 e. The number of carbonyl (C=O) groups is 1. The second-order valence-corrected chi connectivity index (χ2v) is 6.51. The van der Waals surface area contributed by atoms with E-state index < -0.39 is 23.4 Å². The molecule has 3 rings (SSSR count). The first-order valence-electron chi connectivity index (χ1n) is 9.16. The molecule has 1 heterocycles. The summed E-state index contributed by atoms with van der Waals surface area (Å²) in [5.74, 6) is -3.24. The molecular formula is C22H20F2N2O4. The first-order valence-corrected chi connectivity index (χ1v) is 9.16. The molecule has 0 radical (unpaired) electrons. The molecule has 6 nitrogen and oxygen atoms in total. The van der Waals surface area contributed by atoms with Crippen molar-refractivity contribution in [1.29, 1.82) is 0 Å². The highest BCUT2D eigenvalue weighted by atomic mass is 19.1. The molecule has 0 bridgehead atoms. The zero-order valence-corrected chi connectivity index (χ0v) is 16.5. The third kappa shape index (κ3) is 4.60. The highest BCUT2D eigenvalue weighted by Gasteiger charge is 2.18. The second-order valence-electron chi connectivity index (χ2n) is 6.51. The van der Waals surface area contributed by atoms with E-state index in [2.05, 4.69) is 9.97 Å². The summed E-state index contributed by atoms with van der Waals surface area (Å²) in [7, 11) is 2.79. The van der Waals surface area contributed by atoms with E-state index in [1.807, 2.05) is 0 Å². The van der Waals surface area contributed by atoms with Gasteiger partial charge in [-0.05, 0) is 37.1 Å². The number of methoxy groups -OCH3 is 2. The van der Waals surface area contributed by atoms with Gasteiger partial charge in [0.05, 0.1) is 29.8 Å². The Morgan fingerprint density at radius 1 is 1.03 bits per heavy atom. The van der Waals surface area contributed by atoms with Crippen LogP contribution in [0.5, 0.6) is 5.75 Å². The molecule has 0 spiro atoms. The first-order chi connectivity index (χ1) is 14.4. The molecule has 1 aromatic heterocycles. The van der Waals surface area contributed by atoms with Crippen LogP contribution in [-0.4, -0.2) is 41.9 Å². The monoisotopic (exact) mass is 414 g/mol. The zero-order valence-electron chi connectivity index (χ0n) is 16.5. The number of carboxylic acids is 1. The van der Waals surface area contributed by atoms with E-state index in [0.717, 1.165) is 18.6 Å². The van der Waals surface area contributed by atoms with Crippen LogP contribution in [0.25, 0.3) is 22.5 Å². The molecule has 0 amide bonds. The Balaban J connectivity index is 2.11. The van der Waals surface area contributed by atoms with Gasteiger partial charge in [0.1, 0.15) is 0 Å². The van der Waals surface area contributed by atoms with Gasteiger partial charge in [0, 0.05) is 31.0 Å². The van der Waals surface area contributed by atoms with E-state index in [9.17, 15) is 13.6 Å². The number of halogens is 2. The maximum absolute atomic E-state index is 14.3. The minimum absolute atomic E-state index is 0.117. The predicted molar refractivity (Wildman–Crippen MR) is 107 cm³/mol. The van der Waals surface area contributed by atoms with Gasteiger partial charge in [0.15, 0.2) is 17.4 Å². The number of aromatic nitrogens is 2. The van der Waals surface area contributed by atoms with Gasteiger partial charge in [-0.3, -0.25) is 4.98 Å². The van der Waals surface area contributed by atoms with E-state index >= 15 is 0 Å². The summed E-state index contributed by atoms with van der Waals surface area (Å²) < 4.78 is 38.3. The SMILES string of the molecule is COCCCc1cnc(-c2cc(F)c(OC)c(F)c2)c(-c2ccc(C(=O)O)cc2)n1. The molecule has 0 unspecified atom stereocenters. The molecule has 0 aliphatic carbocycles. The Kier molecular flexibility index (Phi) is 6.68. The smallest absolute Gasteiger partial charge is 0.335 e. The van der Waals surface area contributed by atoms with Crippen LogP contribution in [0, 0.1) is 11.6 Å². The van der Waals surface area contributed by atoms with E-state index in [1.54, 1.807) is 25.4 Å². The molecule has 0 aliphatic heterocycles. The molecule has 0 saturated heterocycles. The van der Waals surface area contributed by atoms with Crippen LogP contribution in [0.1, 0.15) is 22.5 Å². The molecule has 0 saturated carbocycles. The van der Waals surface area contributed by atoms with Gasteiger partial charge in [0.25, 0.3) is 0 Å². The molecule has 156 valence electrons. The topological polar surface area (TPSA) is 81.5 Å². The molecule has 0 fully saturated rings. The Labute approximate surface area is 172 Å². The van der Waals surface area contributed by atoms with Crippen molar-refractivity contribution in [2.45, 2.75) is 12.8 Å². The zero-order chi connectivity index (χ0) is 21.7. The molecular weight excluding hydrogens is 394 g/mol. The Morgan fingerprint density at radius 3 is 2.27 bits per heavy atom. The van der Waals surface area contributed by atoms with E-state index in [1.165, 1.54) is 19.2 Å². The summed E-state index contributed by atoms with van der Waals surface area (Å²) in [5, 5.41) is 9.12. The third-order valence-electron chi connectivity index (χ3n) is 4.48. The summed E-state index contributed by atoms with van der Waals surface area (Å²) in [6, 6.07) is 8.32. The maximum atomic E-state index is 14.3. The summed E-state index contributed by atoms with van der Waals surface area (Å²) in [6.07, 6.45) is 2.89. The predicted octanol–water partition coefficient (Wildman–Crippen LogP) is 4.37. The fourth-order valence-electron chi connectivity index (χ4n) is 3.02. The van der Waals surface area contributed by atoms with Gasteiger partial charge in [0.2, 0.25) is 0 Å². The van der Waals surface area contributed by atoms with Crippen molar-refractivity contribution >= 4 is 5.97 Å². The Hall–Kier alpha value is -3.39. The molecule has 8 heteroatoms. The third-order valence-corrected chi connectivity index (χ3v) is 4.48. The van der Waals surface area contributed by atoms with Crippen LogP contribution in [0.4, 0.5) is 8.78 Å². The lowest BCUT2D eigenvalue weighted by molar-refractivity contribution is 0.0697. The van der Waals surface area contributed by atoms with Crippen LogP contribution >= 0.6 is 0 Å². The standard InChI is InChI=1S/C22H20F2N2O4/c1-29-9-3-4-16-12-25-19(15-10-17(23)21(30-2)18(24)11-15)20(26-16)13-5-7-14(8-6-13)22(27)28/h5-8,10-12H,3-4,9H2,1-2H3,(H,27,28). The average molecular weight is 414 g/mol. The molecule has 0 atom stereocenters. The van der Waals surface area contributed by atoms with Gasteiger partial charge in [-0.15, -0.1) is 0 Å². The number of hydrogen-bond acceptors (Lipinski definition) is 5. The van der Waals surface area contributed by atoms with E-state index in [-0.39, 0.29) is 16.8 Å². The molecule has 0 aliphatic rings. The van der Waals surface area contributed by atoms with Crippen molar-refractivity contribution < 1.29 is 28.2 Å². The van der Waals surface area contributed by atoms with Crippen LogP contribution in [0.15, 0.2) is 42.6 Å². The Bertz CT molecular complexity index is 1030. The number of aromatic carboxylic acids is 1. The molecule has 1 N–H and O–H groups in total. The average Bonchev–Trinajstić information content (AvgIpc) is 2.73. The molecule has 2 aromatic carbocycles. The van der Waals surface area contributed by atoms with E-state index in [4.69, 9.17) is 14.6 Å². The van der Waals surface area contributed by atoms with Crippen LogP contribution in [0.3, 0.4) is 0 Å². The quantitative estimate of drug-likeness (QED) is 0.551. The first kappa shape index (κ1) is 21.3. The van der Waals surface area contributed by atoms with Crippen molar-refractivity contribution in [3.05, 3.63) is 65.5 Å². The number of benzene rings is 2. The highest BCUT2D eigenvalue weighted by Crippen LogP contribution is 2.33. The Morgan fingerprint density at radius 2 is 1.70 bits per heavy atom. The van der Waals surface area contributed by atoms with Gasteiger partial charge in [-0.2, -0.15) is 0 Å². The van der Waals surface area contributed by atoms with Crippen molar-refractivity contribution in [2.24, 2.45) is 0 Å². The summed E-state index contributed by atoms with van der Waals surface area (Å²) in [5.41, 5.74) is 2.24. The fourth-order valence-corrected chi connectivity index (χ4v) is 3.02. The van der Waals surface area contributed by atoms with Crippen LogP contribution < -0.4 is 4.74 Å². The highest BCUT2D eigenvalue weighted by molar-refractivity contribution is 5.88. The number of aryl methyl sites for hydroxylation is 1. The largest absolute Gasteiger partial charge is 0.491 e. The molecule has 3 aromatic rings. The van der Waals surface area contributed by atoms with Crippen LogP contribution in [0.2, 0.25) is 0 Å². The molecule has 30 heavy (non-hydrogen) atoms. The summed E-state index contributed by atoms with van der Waals surface area (Å²) >= 11 is 0. The fraction of sp³-hybridized carbons (Fsp3) is 0.227. The number of ether oxygens (including phenoxy) is 2. The van der Waals surface area contributed by atoms with E-state index in [0.29, 0.717) is 30.0 Å². The van der Waals surface area contributed by atoms with Crippen LogP contribution in [-0.2, 0) is 11.2 Å². The second kappa shape index (κ2) is 9.41. The van der Waals surface area contributed by atoms with Gasteiger partial charge in [-0.25, -0.2) is 18.6 Å². The van der Waals surface area contributed by atoms with Crippen molar-refractivity contribution in [3.8, 4) is 28.3 Å². The number of rotatable bonds is 8. The summed E-state index contributed by atoms with van der Waals surface area (Å²) in [4.78, 5) is 20.2. The van der Waals surface area contributed by atoms with Crippen molar-refractivity contribution in [3.63, 3.8) is 0 Å². The normalized spacial score (nSPS) is 10.8. The van der Waals surface area contributed by atoms with Gasteiger partial charge < -0.3 is 14.6 Å². The van der Waals surface area contributed by atoms with Gasteiger partial charge in [-0.1, -0.05) is 12.1 Å². The lowest BCUT2D eigenvalue weighted by atomic mass is 10.0. The van der Waals surface area contributed by atoms with Crippen molar-refractivity contribution in [2.75, 3.05) is 20.8 Å². The summed E-state index contributed by atoms with van der Waals surface area (Å²) in [6.45, 7) is 0.557. The maximum Gasteiger partial charge on any atom is 0.335 e. The minimum atomic E-state index is -1.06. The number of nitrogens with zero attached hydrogens (tertiary/aromatic N) is 2. The number of carboxylic acid groups (broad SMARTS) is 1. The lowest BCUT2D eigenvalue weighted by Crippen LogP contribution is -2.02. The van der Waals surface area contributed by atoms with Gasteiger partial charge >= 0.3 is 5.97 Å². The van der Waals surface area contributed by atoms with Crippen molar-refractivity contribution in [1.82, 2.24) is 9.97 Å².